The molecule has 0 radical (unpaired) electrons. The molecular weight excluding hydrogens is 556 g/mol. The molecular formula is C28H35F2N5O7. The minimum Gasteiger partial charge on any atom is -0.481 e. The van der Waals surface area contributed by atoms with Crippen molar-refractivity contribution >= 4 is 29.7 Å². The Morgan fingerprint density at radius 1 is 0.952 bits per heavy atom. The molecule has 3 rings (SSSR count). The van der Waals surface area contributed by atoms with E-state index in [1.165, 1.54) is 12.4 Å². The van der Waals surface area contributed by atoms with Crippen molar-refractivity contribution < 1.29 is 43.3 Å². The van der Waals surface area contributed by atoms with Gasteiger partial charge in [0, 0.05) is 24.5 Å². The average molecular weight is 592 g/mol. The average Bonchev–Trinajstić information content (AvgIpc) is 2.90. The Morgan fingerprint density at radius 2 is 1.52 bits per heavy atom. The zero-order chi connectivity index (χ0) is 31.0. The van der Waals surface area contributed by atoms with E-state index < -0.39 is 83.8 Å². The molecule has 1 aliphatic carbocycles. The first-order valence-corrected chi connectivity index (χ1v) is 13.5. The Kier molecular flexibility index (Phi) is 11.2. The van der Waals surface area contributed by atoms with E-state index in [-0.39, 0.29) is 37.2 Å². The summed E-state index contributed by atoms with van der Waals surface area (Å²) in [7, 11) is 0. The molecule has 1 fully saturated rings. The summed E-state index contributed by atoms with van der Waals surface area (Å²) in [5.74, 6) is -7.38. The van der Waals surface area contributed by atoms with Gasteiger partial charge >= 0.3 is 11.9 Å². The van der Waals surface area contributed by atoms with Gasteiger partial charge in [0.25, 0.3) is 0 Å². The molecule has 1 aliphatic rings. The summed E-state index contributed by atoms with van der Waals surface area (Å²) >= 11 is 0. The number of nitrogens with zero attached hydrogens (tertiary/aromatic N) is 2. The van der Waals surface area contributed by atoms with Crippen LogP contribution in [0.3, 0.4) is 0 Å². The van der Waals surface area contributed by atoms with E-state index in [9.17, 15) is 43.3 Å². The zero-order valence-electron chi connectivity index (χ0n) is 23.2. The lowest BCUT2D eigenvalue weighted by Crippen LogP contribution is -2.54. The first-order valence-electron chi connectivity index (χ1n) is 13.5. The fourth-order valence-electron chi connectivity index (χ4n) is 5.04. The summed E-state index contributed by atoms with van der Waals surface area (Å²) in [4.78, 5) is 57.2. The lowest BCUT2D eigenvalue weighted by molar-refractivity contribution is -0.149. The number of rotatable bonds is 13. The van der Waals surface area contributed by atoms with Crippen molar-refractivity contribution in [1.82, 2.24) is 20.6 Å². The van der Waals surface area contributed by atoms with Crippen molar-refractivity contribution in [3.63, 3.8) is 0 Å². The van der Waals surface area contributed by atoms with Crippen LogP contribution in [0.1, 0.15) is 45.1 Å². The minimum atomic E-state index is -1.40. The summed E-state index contributed by atoms with van der Waals surface area (Å²) in [6.45, 7) is 3.36. The molecule has 5 atom stereocenters. The topological polar surface area (TPSA) is 191 Å². The molecule has 1 saturated carbocycles. The smallest absolute Gasteiger partial charge is 0.306 e. The minimum absolute atomic E-state index is 0.0369. The van der Waals surface area contributed by atoms with Crippen LogP contribution in [0.2, 0.25) is 0 Å². The molecule has 1 aromatic carbocycles. The Morgan fingerprint density at radius 3 is 2.05 bits per heavy atom. The first kappa shape index (κ1) is 32.3. The van der Waals surface area contributed by atoms with Crippen molar-refractivity contribution in [2.45, 2.75) is 70.2 Å². The summed E-state index contributed by atoms with van der Waals surface area (Å²) in [6.07, 6.45) is 0.977. The summed E-state index contributed by atoms with van der Waals surface area (Å²) < 4.78 is 27.6. The standard InChI is InChI=1S/C28H35F2N5O7/c1-14(2)24(25(38)33-20-10-16(26(39)40)9-17(11-20)27(41)42)35-23(37)13-22(36)21(34-28-31-4-3-5-32-28)8-15-6-18(29)12-19(30)7-15/h3-7,12,14,16-17,20-22,24,36H,8-11,13H2,1-2H3,(H,33,38)(H,35,37)(H,39,40)(H,41,42)(H,31,32,34)/t16?,17?,20?,21-,22-,24-/m0/s1. The van der Waals surface area contributed by atoms with Gasteiger partial charge in [0.1, 0.15) is 17.7 Å². The van der Waals surface area contributed by atoms with Crippen LogP contribution in [0.5, 0.6) is 0 Å². The highest BCUT2D eigenvalue weighted by atomic mass is 19.1. The van der Waals surface area contributed by atoms with Crippen LogP contribution < -0.4 is 16.0 Å². The first-order chi connectivity index (χ1) is 19.8. The zero-order valence-corrected chi connectivity index (χ0v) is 23.2. The number of carbonyl (C=O) groups is 4. The number of benzene rings is 1. The van der Waals surface area contributed by atoms with Gasteiger partial charge in [-0.25, -0.2) is 18.7 Å². The van der Waals surface area contributed by atoms with Crippen LogP contribution in [0.4, 0.5) is 14.7 Å². The highest BCUT2D eigenvalue weighted by molar-refractivity contribution is 5.88. The van der Waals surface area contributed by atoms with Gasteiger partial charge in [-0.2, -0.15) is 0 Å². The normalized spacial score (nSPS) is 20.7. The van der Waals surface area contributed by atoms with Crippen LogP contribution in [0, 0.1) is 29.4 Å². The third-order valence-electron chi connectivity index (χ3n) is 7.13. The Balaban J connectivity index is 1.68. The number of halogens is 2. The SMILES string of the molecule is CC(C)[C@H](NC(=O)C[C@H](O)[C@H](Cc1cc(F)cc(F)c1)Nc1ncccn1)C(=O)NC1CC(C(=O)O)CC(C(=O)O)C1. The monoisotopic (exact) mass is 591 g/mol. The van der Waals surface area contributed by atoms with Gasteiger partial charge in [-0.3, -0.25) is 19.2 Å². The van der Waals surface area contributed by atoms with E-state index in [0.717, 1.165) is 12.1 Å². The van der Waals surface area contributed by atoms with Crippen molar-refractivity contribution in [2.24, 2.45) is 17.8 Å². The van der Waals surface area contributed by atoms with Gasteiger partial charge in [0.2, 0.25) is 17.8 Å². The molecule has 42 heavy (non-hydrogen) atoms. The van der Waals surface area contributed by atoms with Crippen LogP contribution in [-0.2, 0) is 25.6 Å². The highest BCUT2D eigenvalue weighted by Crippen LogP contribution is 2.30. The fourth-order valence-corrected chi connectivity index (χ4v) is 5.04. The van der Waals surface area contributed by atoms with Crippen molar-refractivity contribution in [2.75, 3.05) is 5.32 Å². The molecule has 0 saturated heterocycles. The van der Waals surface area contributed by atoms with Gasteiger partial charge < -0.3 is 31.3 Å². The van der Waals surface area contributed by atoms with Gasteiger partial charge in [0.05, 0.1) is 30.4 Å². The Hall–Kier alpha value is -4.20. The third-order valence-corrected chi connectivity index (χ3v) is 7.13. The second kappa shape index (κ2) is 14.6. The maximum atomic E-state index is 13.8. The molecule has 14 heteroatoms. The van der Waals surface area contributed by atoms with E-state index in [4.69, 9.17) is 0 Å². The largest absolute Gasteiger partial charge is 0.481 e. The van der Waals surface area contributed by atoms with Gasteiger partial charge in [-0.05, 0) is 55.4 Å². The number of nitrogens with one attached hydrogen (secondary N) is 3. The maximum absolute atomic E-state index is 13.8. The number of aliphatic hydroxyl groups is 1. The molecule has 2 aromatic rings. The third kappa shape index (κ3) is 9.43. The molecule has 12 nitrogen and oxygen atoms in total. The fraction of sp³-hybridized carbons (Fsp3) is 0.500. The van der Waals surface area contributed by atoms with E-state index in [1.807, 2.05) is 0 Å². The molecule has 1 aromatic heterocycles. The van der Waals surface area contributed by atoms with Gasteiger partial charge in [-0.15, -0.1) is 0 Å². The summed E-state index contributed by atoms with van der Waals surface area (Å²) in [5, 5.41) is 37.9. The number of amides is 2. The maximum Gasteiger partial charge on any atom is 0.306 e. The van der Waals surface area contributed by atoms with E-state index in [0.29, 0.717) is 6.07 Å². The predicted molar refractivity (Wildman–Crippen MR) is 145 cm³/mol. The number of aliphatic carboxylic acids is 2. The number of hydrogen-bond donors (Lipinski definition) is 6. The molecule has 228 valence electrons. The number of carboxylic acid groups (broad SMARTS) is 2. The van der Waals surface area contributed by atoms with Crippen LogP contribution in [-0.4, -0.2) is 73.3 Å². The van der Waals surface area contributed by atoms with Crippen LogP contribution in [0.15, 0.2) is 36.7 Å². The number of aromatic nitrogens is 2. The molecule has 2 amide bonds. The second-order valence-electron chi connectivity index (χ2n) is 10.8. The molecule has 0 aliphatic heterocycles. The number of aliphatic hydroxyl groups excluding tert-OH is 1. The summed E-state index contributed by atoms with van der Waals surface area (Å²) in [5.41, 5.74) is 0.214. The molecule has 0 spiro atoms. The van der Waals surface area contributed by atoms with Crippen molar-refractivity contribution in [3.8, 4) is 0 Å². The number of hydrogen-bond acceptors (Lipinski definition) is 8. The van der Waals surface area contributed by atoms with E-state index >= 15 is 0 Å². The van der Waals surface area contributed by atoms with Crippen LogP contribution in [0.25, 0.3) is 0 Å². The predicted octanol–water partition coefficient (Wildman–Crippen LogP) is 1.74. The molecule has 6 N–H and O–H groups in total. The Labute approximate surface area is 241 Å². The van der Waals surface area contributed by atoms with Crippen molar-refractivity contribution in [3.05, 3.63) is 53.9 Å². The second-order valence-corrected chi connectivity index (χ2v) is 10.8. The molecule has 0 bridgehead atoms. The van der Waals surface area contributed by atoms with Gasteiger partial charge in [-0.1, -0.05) is 13.8 Å². The van der Waals surface area contributed by atoms with E-state index in [1.54, 1.807) is 19.9 Å². The highest BCUT2D eigenvalue weighted by Gasteiger charge is 2.38. The Bertz CT molecular complexity index is 1220. The number of carbonyl (C=O) groups excluding carboxylic acids is 2. The van der Waals surface area contributed by atoms with Crippen LogP contribution >= 0.6 is 0 Å². The molecule has 1 heterocycles. The summed E-state index contributed by atoms with van der Waals surface area (Å²) in [6, 6.07) is 1.75. The van der Waals surface area contributed by atoms with Gasteiger partial charge in [0.15, 0.2) is 0 Å². The van der Waals surface area contributed by atoms with E-state index in [2.05, 4.69) is 25.9 Å². The number of carboxylic acids is 2. The lowest BCUT2D eigenvalue weighted by Gasteiger charge is -2.33. The molecule has 2 unspecified atom stereocenters. The lowest BCUT2D eigenvalue weighted by atomic mass is 9.78. The number of anilines is 1. The quantitative estimate of drug-likeness (QED) is 0.200. The van der Waals surface area contributed by atoms with Crippen molar-refractivity contribution in [1.29, 1.82) is 0 Å².